The van der Waals surface area contributed by atoms with E-state index in [1.165, 1.54) is 11.1 Å². The molecule has 45 heavy (non-hydrogen) atoms. The van der Waals surface area contributed by atoms with Gasteiger partial charge in [-0.15, -0.1) is 0 Å². The molecule has 0 N–H and O–H groups in total. The fourth-order valence-corrected chi connectivity index (χ4v) is 6.51. The number of aromatic nitrogens is 1. The van der Waals surface area contributed by atoms with E-state index in [1.54, 1.807) is 0 Å². The molecular formula is C42H28BrNO. The number of rotatable bonds is 6. The van der Waals surface area contributed by atoms with Gasteiger partial charge in [0.2, 0.25) is 0 Å². The molecule has 0 aliphatic carbocycles. The predicted octanol–water partition coefficient (Wildman–Crippen LogP) is 12.3. The third kappa shape index (κ3) is 4.92. The number of nitrogens with zero attached hydrogens (tertiary/aromatic N) is 1. The monoisotopic (exact) mass is 641 g/mol. The van der Waals surface area contributed by atoms with Gasteiger partial charge in [0.1, 0.15) is 11.3 Å². The largest absolute Gasteiger partial charge is 0.453 e. The van der Waals surface area contributed by atoms with Gasteiger partial charge in [-0.1, -0.05) is 162 Å². The van der Waals surface area contributed by atoms with Crippen molar-refractivity contribution in [1.29, 1.82) is 0 Å². The van der Waals surface area contributed by atoms with Crippen molar-refractivity contribution in [3.8, 4) is 61.6 Å². The summed E-state index contributed by atoms with van der Waals surface area (Å²) in [6.45, 7) is 0. The van der Waals surface area contributed by atoms with E-state index in [9.17, 15) is 0 Å². The average molecular weight is 643 g/mol. The lowest BCUT2D eigenvalue weighted by molar-refractivity contribution is 0.634. The molecule has 0 spiro atoms. The molecule has 0 radical (unpaired) electrons. The van der Waals surface area contributed by atoms with Crippen LogP contribution in [0.1, 0.15) is 0 Å². The molecule has 6 aromatic carbocycles. The maximum absolute atomic E-state index is 7.07. The molecule has 0 atom stereocenters. The average Bonchev–Trinajstić information content (AvgIpc) is 3.65. The fourth-order valence-electron chi connectivity index (χ4n) is 6.25. The number of halogens is 1. The topological polar surface area (TPSA) is 18.1 Å². The van der Waals surface area contributed by atoms with Gasteiger partial charge in [-0.3, -0.25) is 0 Å². The molecule has 214 valence electrons. The summed E-state index contributed by atoms with van der Waals surface area (Å²) < 4.78 is 10.5. The highest BCUT2D eigenvalue weighted by atomic mass is 79.9. The molecule has 2 aromatic heterocycles. The Morgan fingerprint density at radius 1 is 0.400 bits per heavy atom. The van der Waals surface area contributed by atoms with Gasteiger partial charge >= 0.3 is 0 Å². The normalized spacial score (nSPS) is 11.2. The minimum Gasteiger partial charge on any atom is -0.453 e. The highest BCUT2D eigenvalue weighted by molar-refractivity contribution is 9.10. The van der Waals surface area contributed by atoms with E-state index in [4.69, 9.17) is 4.42 Å². The Labute approximate surface area is 271 Å². The number of hydrogen-bond acceptors (Lipinski definition) is 1. The van der Waals surface area contributed by atoms with Gasteiger partial charge in [-0.2, -0.15) is 0 Å². The van der Waals surface area contributed by atoms with Gasteiger partial charge in [0.25, 0.3) is 0 Å². The number of fused-ring (bicyclic) bond motifs is 1. The third-order valence-corrected chi connectivity index (χ3v) is 8.83. The van der Waals surface area contributed by atoms with Crippen LogP contribution in [0, 0.1) is 0 Å². The summed E-state index contributed by atoms with van der Waals surface area (Å²) in [4.78, 5) is 0. The molecular weight excluding hydrogens is 614 g/mol. The molecule has 0 unspecified atom stereocenters. The molecule has 2 heterocycles. The molecule has 0 aliphatic heterocycles. The lowest BCUT2D eigenvalue weighted by Gasteiger charge is -2.15. The van der Waals surface area contributed by atoms with Crippen molar-refractivity contribution in [2.24, 2.45) is 0 Å². The second-order valence-corrected chi connectivity index (χ2v) is 12.0. The molecule has 8 aromatic rings. The minimum absolute atomic E-state index is 0.865. The number of furan rings is 1. The van der Waals surface area contributed by atoms with Crippen LogP contribution in [0.5, 0.6) is 0 Å². The predicted molar refractivity (Wildman–Crippen MR) is 190 cm³/mol. The van der Waals surface area contributed by atoms with Gasteiger partial charge in [0.15, 0.2) is 5.58 Å². The first-order valence-electron chi connectivity index (χ1n) is 15.1. The molecule has 0 saturated heterocycles. The molecule has 0 amide bonds. The SMILES string of the molecule is Brc1ccc(-c2ccc(-n3c(-c4ccccc4)c(-c4ccccc4)c4oc(-c5ccccc5)c(-c5ccccc5)c43)cc2)cc1. The maximum Gasteiger partial charge on any atom is 0.162 e. The molecule has 0 aliphatic rings. The van der Waals surface area contributed by atoms with E-state index >= 15 is 0 Å². The Kier molecular flexibility index (Phi) is 7.01. The Bertz CT molecular complexity index is 2180. The summed E-state index contributed by atoms with van der Waals surface area (Å²) >= 11 is 3.57. The van der Waals surface area contributed by atoms with E-state index in [0.29, 0.717) is 0 Å². The third-order valence-electron chi connectivity index (χ3n) is 8.31. The zero-order valence-corrected chi connectivity index (χ0v) is 26.0. The quantitative estimate of drug-likeness (QED) is 0.177. The van der Waals surface area contributed by atoms with Crippen molar-refractivity contribution in [2.75, 3.05) is 0 Å². The van der Waals surface area contributed by atoms with Gasteiger partial charge in [0.05, 0.1) is 16.8 Å². The van der Waals surface area contributed by atoms with Crippen LogP contribution in [0.3, 0.4) is 0 Å². The maximum atomic E-state index is 7.07. The first kappa shape index (κ1) is 27.2. The van der Waals surface area contributed by atoms with Gasteiger partial charge < -0.3 is 8.98 Å². The second-order valence-electron chi connectivity index (χ2n) is 11.1. The summed E-state index contributed by atoms with van der Waals surface area (Å²) in [5.41, 5.74) is 13.0. The number of benzene rings is 6. The highest BCUT2D eigenvalue weighted by Gasteiger charge is 2.30. The van der Waals surface area contributed by atoms with E-state index < -0.39 is 0 Å². The first-order chi connectivity index (χ1) is 22.3. The van der Waals surface area contributed by atoms with Crippen molar-refractivity contribution in [1.82, 2.24) is 4.57 Å². The van der Waals surface area contributed by atoms with Crippen LogP contribution in [0.15, 0.2) is 179 Å². The Hall–Kier alpha value is -5.38. The zero-order valence-electron chi connectivity index (χ0n) is 24.4. The lowest BCUT2D eigenvalue weighted by Crippen LogP contribution is -1.99. The van der Waals surface area contributed by atoms with Gasteiger partial charge in [0, 0.05) is 15.7 Å². The molecule has 0 saturated carbocycles. The van der Waals surface area contributed by atoms with Crippen molar-refractivity contribution in [2.45, 2.75) is 0 Å². The van der Waals surface area contributed by atoms with E-state index in [2.05, 4.69) is 184 Å². The van der Waals surface area contributed by atoms with Crippen molar-refractivity contribution in [3.05, 3.63) is 174 Å². The minimum atomic E-state index is 0.865. The summed E-state index contributed by atoms with van der Waals surface area (Å²) in [6, 6.07) is 59.6. The van der Waals surface area contributed by atoms with E-state index in [0.717, 1.165) is 66.1 Å². The van der Waals surface area contributed by atoms with Crippen LogP contribution in [-0.4, -0.2) is 4.57 Å². The standard InChI is InChI=1S/C42H28BrNO/c43-35-25-21-29(22-26-35)30-23-27-36(28-24-30)44-39(33-17-9-3-10-18-33)37(31-13-5-1-6-14-31)42-40(44)38(32-15-7-2-8-16-32)41(45-42)34-19-11-4-12-20-34/h1-28H. The summed E-state index contributed by atoms with van der Waals surface area (Å²) in [5, 5.41) is 0. The van der Waals surface area contributed by atoms with E-state index in [-0.39, 0.29) is 0 Å². The highest BCUT2D eigenvalue weighted by Crippen LogP contribution is 2.50. The second kappa shape index (κ2) is 11.6. The van der Waals surface area contributed by atoms with Crippen LogP contribution < -0.4 is 0 Å². The van der Waals surface area contributed by atoms with Crippen molar-refractivity contribution >= 4 is 27.0 Å². The lowest BCUT2D eigenvalue weighted by atomic mass is 10.00. The summed E-state index contributed by atoms with van der Waals surface area (Å²) in [5.74, 6) is 0.865. The van der Waals surface area contributed by atoms with E-state index in [1.807, 2.05) is 6.07 Å². The molecule has 2 nitrogen and oxygen atoms in total. The van der Waals surface area contributed by atoms with Crippen molar-refractivity contribution in [3.63, 3.8) is 0 Å². The van der Waals surface area contributed by atoms with Crippen LogP contribution in [0.25, 0.3) is 72.7 Å². The Balaban J connectivity index is 1.50. The van der Waals surface area contributed by atoms with Crippen LogP contribution in [0.2, 0.25) is 0 Å². The molecule has 3 heteroatoms. The fraction of sp³-hybridized carbons (Fsp3) is 0. The van der Waals surface area contributed by atoms with Gasteiger partial charge in [-0.25, -0.2) is 0 Å². The van der Waals surface area contributed by atoms with Crippen LogP contribution >= 0.6 is 15.9 Å². The Morgan fingerprint density at radius 3 is 1.38 bits per heavy atom. The summed E-state index contributed by atoms with van der Waals surface area (Å²) in [6.07, 6.45) is 0. The molecule has 0 fully saturated rings. The zero-order chi connectivity index (χ0) is 30.2. The Morgan fingerprint density at radius 2 is 0.844 bits per heavy atom. The number of hydrogen-bond donors (Lipinski definition) is 0. The van der Waals surface area contributed by atoms with Gasteiger partial charge in [-0.05, 0) is 52.1 Å². The first-order valence-corrected chi connectivity index (χ1v) is 15.8. The molecule has 8 rings (SSSR count). The van der Waals surface area contributed by atoms with Crippen LogP contribution in [0.4, 0.5) is 0 Å². The van der Waals surface area contributed by atoms with Crippen molar-refractivity contribution < 1.29 is 4.42 Å². The summed E-state index contributed by atoms with van der Waals surface area (Å²) in [7, 11) is 0. The molecule has 0 bridgehead atoms. The van der Waals surface area contributed by atoms with Crippen LogP contribution in [-0.2, 0) is 0 Å². The smallest absolute Gasteiger partial charge is 0.162 e.